The van der Waals surface area contributed by atoms with Crippen molar-refractivity contribution in [3.63, 3.8) is 0 Å². The van der Waals surface area contributed by atoms with E-state index in [2.05, 4.69) is 0 Å². The van der Waals surface area contributed by atoms with Crippen molar-refractivity contribution in [3.8, 4) is 11.5 Å². The fraction of sp³-hybridized carbons (Fsp3) is 0.350. The lowest BCUT2D eigenvalue weighted by molar-refractivity contribution is 0.0598. The lowest BCUT2D eigenvalue weighted by atomic mass is 10.1. The van der Waals surface area contributed by atoms with Crippen LogP contribution in [0.15, 0.2) is 42.5 Å². The van der Waals surface area contributed by atoms with E-state index < -0.39 is 5.97 Å². The molecule has 0 aromatic heterocycles. The molecule has 2 aromatic rings. The summed E-state index contributed by atoms with van der Waals surface area (Å²) in [6.45, 7) is 2.66. The van der Waals surface area contributed by atoms with Gasteiger partial charge in [-0.15, -0.1) is 0 Å². The van der Waals surface area contributed by atoms with Gasteiger partial charge in [-0.2, -0.15) is 0 Å². The third kappa shape index (κ3) is 6.04. The highest BCUT2D eigenvalue weighted by Crippen LogP contribution is 2.25. The van der Waals surface area contributed by atoms with E-state index in [1.165, 1.54) is 19.2 Å². The van der Waals surface area contributed by atoms with Crippen molar-refractivity contribution in [3.05, 3.63) is 59.4 Å². The van der Waals surface area contributed by atoms with Crippen molar-refractivity contribution in [2.24, 2.45) is 0 Å². The van der Waals surface area contributed by atoms with Crippen molar-refractivity contribution in [1.82, 2.24) is 0 Å². The first-order chi connectivity index (χ1) is 12.5. The summed E-state index contributed by atoms with van der Waals surface area (Å²) >= 11 is 0. The average molecular weight is 362 g/mol. The van der Waals surface area contributed by atoms with Crippen LogP contribution < -0.4 is 9.47 Å². The molecular weight excluding hydrogens is 339 g/mol. The van der Waals surface area contributed by atoms with Crippen molar-refractivity contribution >= 4 is 5.97 Å². The monoisotopic (exact) mass is 362 g/mol. The minimum Gasteiger partial charge on any atom is -0.493 e. The maximum atomic E-state index is 12.9. The van der Waals surface area contributed by atoms with Gasteiger partial charge in [0, 0.05) is 19.6 Å². The summed E-state index contributed by atoms with van der Waals surface area (Å²) in [5, 5.41) is 0. The van der Waals surface area contributed by atoms with Gasteiger partial charge in [-0.1, -0.05) is 12.1 Å². The Bertz CT molecular complexity index is 715. The molecule has 0 saturated carbocycles. The van der Waals surface area contributed by atoms with Crippen LogP contribution in [-0.4, -0.2) is 39.5 Å². The first-order valence-corrected chi connectivity index (χ1v) is 8.28. The molecule has 0 spiro atoms. The summed E-state index contributed by atoms with van der Waals surface area (Å²) in [5.41, 5.74) is 1.30. The lowest BCUT2D eigenvalue weighted by Crippen LogP contribution is -2.18. The molecule has 0 N–H and O–H groups in total. The third-order valence-electron chi connectivity index (χ3n) is 3.61. The zero-order valence-electron chi connectivity index (χ0n) is 15.2. The molecule has 0 aliphatic carbocycles. The summed E-state index contributed by atoms with van der Waals surface area (Å²) in [6.07, 6.45) is 0.430. The molecular formula is C20H23FO5. The Kier molecular flexibility index (Phi) is 7.41. The normalized spacial score (nSPS) is 11.7. The highest BCUT2D eigenvalue weighted by atomic mass is 19.1. The van der Waals surface area contributed by atoms with Crippen LogP contribution in [0.1, 0.15) is 22.8 Å². The van der Waals surface area contributed by atoms with E-state index in [0.29, 0.717) is 36.7 Å². The smallest absolute Gasteiger partial charge is 0.338 e. The molecule has 0 bridgehead atoms. The summed E-state index contributed by atoms with van der Waals surface area (Å²) < 4.78 is 34.3. The number of ether oxygens (including phenoxy) is 4. The van der Waals surface area contributed by atoms with Crippen molar-refractivity contribution in [2.45, 2.75) is 19.4 Å². The number of carbonyl (C=O) groups excluding carboxylic acids is 1. The van der Waals surface area contributed by atoms with E-state index in [1.54, 1.807) is 37.4 Å². The summed E-state index contributed by atoms with van der Waals surface area (Å²) in [6, 6.07) is 11.2. The van der Waals surface area contributed by atoms with Gasteiger partial charge in [0.25, 0.3) is 0 Å². The van der Waals surface area contributed by atoms with E-state index in [4.69, 9.17) is 18.9 Å². The Labute approximate surface area is 152 Å². The van der Waals surface area contributed by atoms with Gasteiger partial charge in [0.1, 0.15) is 23.4 Å². The number of esters is 1. The first kappa shape index (κ1) is 19.7. The number of methoxy groups -OCH3 is 2. The zero-order chi connectivity index (χ0) is 18.9. The SMILES string of the molecule is COC[C@H](C)Oc1cc(OCCc2ccc(F)cc2)cc(C(=O)OC)c1. The summed E-state index contributed by atoms with van der Waals surface area (Å²) in [4.78, 5) is 11.9. The van der Waals surface area contributed by atoms with Crippen molar-refractivity contribution in [1.29, 1.82) is 0 Å². The molecule has 5 nitrogen and oxygen atoms in total. The van der Waals surface area contributed by atoms with Gasteiger partial charge < -0.3 is 18.9 Å². The number of halogens is 1. The maximum absolute atomic E-state index is 12.9. The molecule has 1 atom stereocenters. The average Bonchev–Trinajstić information content (AvgIpc) is 2.62. The maximum Gasteiger partial charge on any atom is 0.338 e. The number of hydrogen-bond acceptors (Lipinski definition) is 5. The predicted molar refractivity (Wildman–Crippen MR) is 95.3 cm³/mol. The molecule has 140 valence electrons. The zero-order valence-corrected chi connectivity index (χ0v) is 15.2. The molecule has 0 saturated heterocycles. The first-order valence-electron chi connectivity index (χ1n) is 8.28. The van der Waals surface area contributed by atoms with Gasteiger partial charge in [-0.3, -0.25) is 0 Å². The fourth-order valence-electron chi connectivity index (χ4n) is 2.40. The van der Waals surface area contributed by atoms with Gasteiger partial charge >= 0.3 is 5.97 Å². The van der Waals surface area contributed by atoms with E-state index in [1.807, 2.05) is 6.92 Å². The quantitative estimate of drug-likeness (QED) is 0.638. The van der Waals surface area contributed by atoms with Crippen molar-refractivity contribution < 1.29 is 28.1 Å². The lowest BCUT2D eigenvalue weighted by Gasteiger charge is -2.16. The Hall–Kier alpha value is -2.60. The van der Waals surface area contributed by atoms with Crippen molar-refractivity contribution in [2.75, 3.05) is 27.4 Å². The summed E-state index contributed by atoms with van der Waals surface area (Å²) in [7, 11) is 2.91. The van der Waals surface area contributed by atoms with Crippen LogP contribution in [0.3, 0.4) is 0 Å². The Morgan fingerprint density at radius 3 is 2.42 bits per heavy atom. The largest absolute Gasteiger partial charge is 0.493 e. The molecule has 6 heteroatoms. The highest BCUT2D eigenvalue weighted by molar-refractivity contribution is 5.90. The minimum atomic E-state index is -0.474. The number of rotatable bonds is 9. The number of carbonyl (C=O) groups is 1. The molecule has 0 unspecified atom stereocenters. The van der Waals surface area contributed by atoms with Gasteiger partial charge in [-0.05, 0) is 36.8 Å². The van der Waals surface area contributed by atoms with E-state index >= 15 is 0 Å². The molecule has 0 aliphatic heterocycles. The highest BCUT2D eigenvalue weighted by Gasteiger charge is 2.12. The van der Waals surface area contributed by atoms with Crippen LogP contribution in [-0.2, 0) is 15.9 Å². The van der Waals surface area contributed by atoms with Gasteiger partial charge in [0.2, 0.25) is 0 Å². The second-order valence-corrected chi connectivity index (χ2v) is 5.79. The van der Waals surface area contributed by atoms with E-state index in [0.717, 1.165) is 5.56 Å². The fourth-order valence-corrected chi connectivity index (χ4v) is 2.40. The van der Waals surface area contributed by atoms with Crippen LogP contribution in [0.5, 0.6) is 11.5 Å². The molecule has 0 aliphatic rings. The Morgan fingerprint density at radius 2 is 1.77 bits per heavy atom. The van der Waals surface area contributed by atoms with Gasteiger partial charge in [0.05, 0.1) is 25.9 Å². The van der Waals surface area contributed by atoms with Crippen LogP contribution in [0, 0.1) is 5.82 Å². The number of benzene rings is 2. The molecule has 2 rings (SSSR count). The molecule has 0 fully saturated rings. The van der Waals surface area contributed by atoms with Gasteiger partial charge in [-0.25, -0.2) is 9.18 Å². The standard InChI is InChI=1S/C20H23FO5/c1-14(13-23-2)26-19-11-16(20(22)24-3)10-18(12-19)25-9-8-15-4-6-17(21)7-5-15/h4-7,10-12,14H,8-9,13H2,1-3H3/t14-/m0/s1. The Balaban J connectivity index is 2.07. The molecule has 2 aromatic carbocycles. The van der Waals surface area contributed by atoms with Crippen LogP contribution in [0.25, 0.3) is 0 Å². The topological polar surface area (TPSA) is 54.0 Å². The molecule has 26 heavy (non-hydrogen) atoms. The van der Waals surface area contributed by atoms with E-state index in [9.17, 15) is 9.18 Å². The second kappa shape index (κ2) is 9.77. The number of hydrogen-bond donors (Lipinski definition) is 0. The second-order valence-electron chi connectivity index (χ2n) is 5.79. The van der Waals surface area contributed by atoms with Gasteiger partial charge in [0.15, 0.2) is 0 Å². The Morgan fingerprint density at radius 1 is 1.08 bits per heavy atom. The third-order valence-corrected chi connectivity index (χ3v) is 3.61. The van der Waals surface area contributed by atoms with Crippen LogP contribution in [0.2, 0.25) is 0 Å². The minimum absolute atomic E-state index is 0.181. The van der Waals surface area contributed by atoms with Crippen LogP contribution in [0.4, 0.5) is 4.39 Å². The molecule has 0 heterocycles. The molecule has 0 amide bonds. The summed E-state index contributed by atoms with van der Waals surface area (Å²) in [5.74, 6) is 0.245. The van der Waals surface area contributed by atoms with Crippen LogP contribution >= 0.6 is 0 Å². The predicted octanol–water partition coefficient (Wildman–Crippen LogP) is 3.65. The van der Waals surface area contributed by atoms with E-state index in [-0.39, 0.29) is 11.9 Å². The molecule has 0 radical (unpaired) electrons.